The fourth-order valence-electron chi connectivity index (χ4n) is 3.72. The summed E-state index contributed by atoms with van der Waals surface area (Å²) in [6, 6.07) is 22.1. The van der Waals surface area contributed by atoms with Gasteiger partial charge in [0.05, 0.1) is 28.7 Å². The summed E-state index contributed by atoms with van der Waals surface area (Å²) >= 11 is 12.1. The number of nitrogens with zero attached hydrogens (tertiary/aromatic N) is 2. The van der Waals surface area contributed by atoms with Crippen LogP contribution in [-0.2, 0) is 6.54 Å². The first-order valence-electron chi connectivity index (χ1n) is 10.9. The number of fused-ring (bicyclic) bond motifs is 1. The van der Waals surface area contributed by atoms with E-state index in [-0.39, 0.29) is 11.9 Å². The van der Waals surface area contributed by atoms with Gasteiger partial charge in [-0.1, -0.05) is 47.5 Å². The number of carbonyl (C=O) groups is 1. The number of carbonyl (C=O) groups excluding carboxylic acids is 1. The Morgan fingerprint density at radius 1 is 1.00 bits per heavy atom. The first-order valence-corrected chi connectivity index (χ1v) is 11.7. The van der Waals surface area contributed by atoms with E-state index in [0.717, 1.165) is 36.2 Å². The molecule has 0 spiro atoms. The van der Waals surface area contributed by atoms with Gasteiger partial charge >= 0.3 is 0 Å². The monoisotopic (exact) mass is 481 g/mol. The Hall–Kier alpha value is -3.02. The zero-order valence-electron chi connectivity index (χ0n) is 18.3. The molecule has 7 heteroatoms. The lowest BCUT2D eigenvalue weighted by Crippen LogP contribution is -2.28. The Morgan fingerprint density at radius 3 is 2.52 bits per heavy atom. The van der Waals surface area contributed by atoms with E-state index in [4.69, 9.17) is 32.9 Å². The number of ether oxygens (including phenoxy) is 1. The Kier molecular flexibility index (Phi) is 7.53. The molecule has 1 atom stereocenters. The van der Waals surface area contributed by atoms with Crippen LogP contribution in [0.5, 0.6) is 5.75 Å². The molecule has 0 saturated carbocycles. The van der Waals surface area contributed by atoms with Gasteiger partial charge in [-0.15, -0.1) is 0 Å². The Bertz CT molecular complexity index is 1240. The van der Waals surface area contributed by atoms with Crippen molar-refractivity contribution in [2.75, 3.05) is 6.61 Å². The number of benzene rings is 3. The zero-order chi connectivity index (χ0) is 23.2. The molecule has 1 amide bonds. The van der Waals surface area contributed by atoms with Gasteiger partial charge < -0.3 is 14.6 Å². The lowest BCUT2D eigenvalue weighted by molar-refractivity contribution is 0.0937. The number of amides is 1. The lowest BCUT2D eigenvalue weighted by atomic mass is 10.2. The van der Waals surface area contributed by atoms with Crippen molar-refractivity contribution in [3.05, 3.63) is 94.2 Å². The summed E-state index contributed by atoms with van der Waals surface area (Å²) in [7, 11) is 0. The second-order valence-electron chi connectivity index (χ2n) is 7.80. The number of imidazole rings is 1. The summed E-state index contributed by atoms with van der Waals surface area (Å²) in [5, 5.41) is 4.27. The third-order valence-corrected chi connectivity index (χ3v) is 5.96. The third-order valence-electron chi connectivity index (χ3n) is 5.40. The molecule has 0 radical (unpaired) electrons. The number of para-hydroxylation sites is 3. The number of hydrogen-bond donors (Lipinski definition) is 1. The van der Waals surface area contributed by atoms with Crippen molar-refractivity contribution in [1.29, 1.82) is 0 Å². The van der Waals surface area contributed by atoms with Crippen molar-refractivity contribution in [3.63, 3.8) is 0 Å². The summed E-state index contributed by atoms with van der Waals surface area (Å²) in [4.78, 5) is 17.5. The first kappa shape index (κ1) is 23.1. The van der Waals surface area contributed by atoms with Crippen LogP contribution in [0.15, 0.2) is 72.8 Å². The molecule has 5 nitrogen and oxygen atoms in total. The standard InChI is InChI=1S/C26H25Cl2N3O2/c1-18(29-26(32)19-12-14-20(27)15-13-19)25-30-22-9-3-4-10-23(22)31(25)16-6-7-17-33-24-11-5-2-8-21(24)28/h2-5,8-15,18H,6-7,16-17H2,1H3,(H,29,32). The third kappa shape index (κ3) is 5.67. The second kappa shape index (κ2) is 10.7. The summed E-state index contributed by atoms with van der Waals surface area (Å²) in [5.41, 5.74) is 2.52. The SMILES string of the molecule is CC(NC(=O)c1ccc(Cl)cc1)c1nc2ccccc2n1CCCCOc1ccccc1Cl. The minimum Gasteiger partial charge on any atom is -0.492 e. The number of aryl methyl sites for hydroxylation is 1. The van der Waals surface area contributed by atoms with E-state index in [1.807, 2.05) is 49.4 Å². The Labute approximate surface area is 203 Å². The lowest BCUT2D eigenvalue weighted by Gasteiger charge is -2.17. The fourth-order valence-corrected chi connectivity index (χ4v) is 4.04. The molecule has 0 fully saturated rings. The van der Waals surface area contributed by atoms with Crippen molar-refractivity contribution in [3.8, 4) is 5.75 Å². The molecule has 0 aliphatic heterocycles. The van der Waals surface area contributed by atoms with Crippen molar-refractivity contribution in [2.45, 2.75) is 32.4 Å². The van der Waals surface area contributed by atoms with Crippen molar-refractivity contribution >= 4 is 40.1 Å². The van der Waals surface area contributed by atoms with E-state index >= 15 is 0 Å². The largest absolute Gasteiger partial charge is 0.492 e. The average molecular weight is 482 g/mol. The van der Waals surface area contributed by atoms with Crippen LogP contribution in [0.1, 0.15) is 42.0 Å². The van der Waals surface area contributed by atoms with Gasteiger partial charge in [-0.2, -0.15) is 0 Å². The van der Waals surface area contributed by atoms with Gasteiger partial charge in [0, 0.05) is 17.1 Å². The van der Waals surface area contributed by atoms with E-state index in [0.29, 0.717) is 28.0 Å². The highest BCUT2D eigenvalue weighted by molar-refractivity contribution is 6.32. The smallest absolute Gasteiger partial charge is 0.251 e. The zero-order valence-corrected chi connectivity index (χ0v) is 19.8. The molecule has 4 rings (SSSR count). The molecule has 3 aromatic carbocycles. The molecule has 0 aliphatic rings. The highest BCUT2D eigenvalue weighted by Crippen LogP contribution is 2.24. The van der Waals surface area contributed by atoms with Gasteiger partial charge in [-0.25, -0.2) is 4.98 Å². The van der Waals surface area contributed by atoms with Gasteiger partial charge in [0.15, 0.2) is 0 Å². The highest BCUT2D eigenvalue weighted by Gasteiger charge is 2.19. The number of aromatic nitrogens is 2. The average Bonchev–Trinajstić information content (AvgIpc) is 3.19. The molecule has 0 bridgehead atoms. The number of unbranched alkanes of at least 4 members (excludes halogenated alkanes) is 1. The fraction of sp³-hybridized carbons (Fsp3) is 0.231. The summed E-state index contributed by atoms with van der Waals surface area (Å²) in [5.74, 6) is 1.36. The molecule has 1 N–H and O–H groups in total. The van der Waals surface area contributed by atoms with Crippen LogP contribution in [0, 0.1) is 0 Å². The first-order chi connectivity index (χ1) is 16.0. The summed E-state index contributed by atoms with van der Waals surface area (Å²) in [6.45, 7) is 3.30. The summed E-state index contributed by atoms with van der Waals surface area (Å²) < 4.78 is 7.99. The van der Waals surface area contributed by atoms with E-state index in [2.05, 4.69) is 16.0 Å². The van der Waals surface area contributed by atoms with E-state index < -0.39 is 0 Å². The van der Waals surface area contributed by atoms with E-state index in [1.54, 1.807) is 24.3 Å². The van der Waals surface area contributed by atoms with Crippen molar-refractivity contribution in [1.82, 2.24) is 14.9 Å². The topological polar surface area (TPSA) is 56.2 Å². The van der Waals surface area contributed by atoms with Crippen LogP contribution in [-0.4, -0.2) is 22.1 Å². The van der Waals surface area contributed by atoms with E-state index in [9.17, 15) is 4.79 Å². The molecule has 1 heterocycles. The quantitative estimate of drug-likeness (QED) is 0.270. The van der Waals surface area contributed by atoms with Gasteiger partial charge in [0.1, 0.15) is 11.6 Å². The normalized spacial score (nSPS) is 12.0. The minimum absolute atomic E-state index is 0.161. The number of nitrogens with one attached hydrogen (secondary N) is 1. The van der Waals surface area contributed by atoms with Gasteiger partial charge in [-0.3, -0.25) is 4.79 Å². The van der Waals surface area contributed by atoms with Crippen LogP contribution in [0.2, 0.25) is 10.0 Å². The molecular weight excluding hydrogens is 457 g/mol. The van der Waals surface area contributed by atoms with Gasteiger partial charge in [-0.05, 0) is 68.3 Å². The van der Waals surface area contributed by atoms with Crippen LogP contribution in [0.4, 0.5) is 0 Å². The maximum Gasteiger partial charge on any atom is 0.251 e. The maximum atomic E-state index is 12.7. The molecule has 0 aliphatic carbocycles. The van der Waals surface area contributed by atoms with Crippen molar-refractivity contribution < 1.29 is 9.53 Å². The predicted molar refractivity (Wildman–Crippen MR) is 133 cm³/mol. The highest BCUT2D eigenvalue weighted by atomic mass is 35.5. The Morgan fingerprint density at radius 2 is 1.73 bits per heavy atom. The molecule has 1 unspecified atom stereocenters. The maximum absolute atomic E-state index is 12.7. The van der Waals surface area contributed by atoms with Gasteiger partial charge in [0.2, 0.25) is 0 Å². The van der Waals surface area contributed by atoms with Gasteiger partial charge in [0.25, 0.3) is 5.91 Å². The van der Waals surface area contributed by atoms with Crippen LogP contribution >= 0.6 is 23.2 Å². The summed E-state index contributed by atoms with van der Waals surface area (Å²) in [6.07, 6.45) is 1.76. The van der Waals surface area contributed by atoms with Crippen LogP contribution < -0.4 is 10.1 Å². The Balaban J connectivity index is 1.43. The van der Waals surface area contributed by atoms with E-state index in [1.165, 1.54) is 0 Å². The number of hydrogen-bond acceptors (Lipinski definition) is 3. The second-order valence-corrected chi connectivity index (χ2v) is 8.64. The number of halogens is 2. The van der Waals surface area contributed by atoms with Crippen LogP contribution in [0.25, 0.3) is 11.0 Å². The molecule has 4 aromatic rings. The molecule has 1 aromatic heterocycles. The number of rotatable bonds is 9. The van der Waals surface area contributed by atoms with Crippen molar-refractivity contribution in [2.24, 2.45) is 0 Å². The molecule has 170 valence electrons. The van der Waals surface area contributed by atoms with Crippen LogP contribution in [0.3, 0.4) is 0 Å². The molecule has 33 heavy (non-hydrogen) atoms. The predicted octanol–water partition coefficient (Wildman–Crippen LogP) is 6.69. The molecule has 0 saturated heterocycles. The molecular formula is C26H25Cl2N3O2. The minimum atomic E-state index is -0.264.